The van der Waals surface area contributed by atoms with E-state index in [9.17, 15) is 13.2 Å². The van der Waals surface area contributed by atoms with Gasteiger partial charge in [-0.05, 0) is 24.6 Å². The number of hydrogen-bond acceptors (Lipinski definition) is 4. The number of halogens is 1. The maximum atomic E-state index is 12.0. The minimum atomic E-state index is -3.85. The third-order valence-corrected chi connectivity index (χ3v) is 3.96. The lowest BCUT2D eigenvalue weighted by Crippen LogP contribution is -2.16. The number of amides is 1. The molecule has 0 aliphatic carbocycles. The standard InChI is InChI=1S/C12H13ClN4O3S/c1-7-3-8(21(14,19)20)4-9(13)11(7)16-12(18)10-5-17(2)6-15-10/h3-6H,1-2H3,(H,16,18)(H2,14,19,20). The molecule has 0 unspecified atom stereocenters. The van der Waals surface area contributed by atoms with Crippen molar-refractivity contribution in [2.24, 2.45) is 12.2 Å². The van der Waals surface area contributed by atoms with E-state index >= 15 is 0 Å². The van der Waals surface area contributed by atoms with Gasteiger partial charge in [0.25, 0.3) is 5.91 Å². The van der Waals surface area contributed by atoms with E-state index in [0.717, 1.165) is 0 Å². The van der Waals surface area contributed by atoms with Crippen LogP contribution in [0.3, 0.4) is 0 Å². The molecule has 1 aromatic heterocycles. The number of aromatic nitrogens is 2. The van der Waals surface area contributed by atoms with E-state index in [1.807, 2.05) is 0 Å². The number of hydrogen-bond donors (Lipinski definition) is 2. The molecule has 0 aliphatic heterocycles. The SMILES string of the molecule is Cc1cc(S(N)(=O)=O)cc(Cl)c1NC(=O)c1cn(C)cn1. The van der Waals surface area contributed by atoms with Gasteiger partial charge in [0.05, 0.1) is 21.9 Å². The van der Waals surface area contributed by atoms with Crippen LogP contribution < -0.4 is 10.5 Å². The predicted octanol–water partition coefficient (Wildman–Crippen LogP) is 1.28. The Morgan fingerprint density at radius 1 is 1.43 bits per heavy atom. The Labute approximate surface area is 126 Å². The van der Waals surface area contributed by atoms with Crippen molar-refractivity contribution in [2.45, 2.75) is 11.8 Å². The topological polar surface area (TPSA) is 107 Å². The Bertz CT molecular complexity index is 791. The molecule has 0 spiro atoms. The summed E-state index contributed by atoms with van der Waals surface area (Å²) in [6.45, 7) is 1.62. The molecule has 0 bridgehead atoms. The maximum absolute atomic E-state index is 12.0. The van der Waals surface area contributed by atoms with Gasteiger partial charge >= 0.3 is 0 Å². The van der Waals surface area contributed by atoms with Gasteiger partial charge in [0.1, 0.15) is 5.69 Å². The highest BCUT2D eigenvalue weighted by atomic mass is 35.5. The van der Waals surface area contributed by atoms with Gasteiger partial charge in [-0.25, -0.2) is 18.5 Å². The zero-order valence-corrected chi connectivity index (χ0v) is 12.9. The van der Waals surface area contributed by atoms with E-state index in [1.54, 1.807) is 24.7 Å². The lowest BCUT2D eigenvalue weighted by atomic mass is 10.2. The van der Waals surface area contributed by atoms with Gasteiger partial charge in [0.15, 0.2) is 0 Å². The van der Waals surface area contributed by atoms with Crippen LogP contribution in [0.2, 0.25) is 5.02 Å². The van der Waals surface area contributed by atoms with Crippen molar-refractivity contribution >= 4 is 33.2 Å². The fraction of sp³-hybridized carbons (Fsp3) is 0.167. The second-order valence-corrected chi connectivity index (χ2v) is 6.49. The van der Waals surface area contributed by atoms with Crippen molar-refractivity contribution in [1.29, 1.82) is 0 Å². The summed E-state index contributed by atoms with van der Waals surface area (Å²) >= 11 is 6.02. The fourth-order valence-corrected chi connectivity index (χ4v) is 2.74. The predicted molar refractivity (Wildman–Crippen MR) is 78.7 cm³/mol. The summed E-state index contributed by atoms with van der Waals surface area (Å²) < 4.78 is 24.3. The van der Waals surface area contributed by atoms with Crippen molar-refractivity contribution in [1.82, 2.24) is 9.55 Å². The molecule has 0 saturated carbocycles. The third kappa shape index (κ3) is 3.41. The molecule has 7 nitrogen and oxygen atoms in total. The minimum Gasteiger partial charge on any atom is -0.340 e. The number of carbonyl (C=O) groups is 1. The lowest BCUT2D eigenvalue weighted by molar-refractivity contribution is 0.102. The molecule has 2 rings (SSSR count). The number of carbonyl (C=O) groups excluding carboxylic acids is 1. The fourth-order valence-electron chi connectivity index (χ4n) is 1.74. The molecule has 2 aromatic rings. The summed E-state index contributed by atoms with van der Waals surface area (Å²) in [6.07, 6.45) is 3.05. The van der Waals surface area contributed by atoms with Gasteiger partial charge in [-0.15, -0.1) is 0 Å². The third-order valence-electron chi connectivity index (χ3n) is 2.77. The Morgan fingerprint density at radius 2 is 2.10 bits per heavy atom. The first-order valence-electron chi connectivity index (χ1n) is 5.81. The molecule has 3 N–H and O–H groups in total. The molecule has 0 fully saturated rings. The number of anilines is 1. The molecule has 1 amide bonds. The number of nitrogens with two attached hydrogens (primary N) is 1. The second-order valence-electron chi connectivity index (χ2n) is 4.52. The molecule has 0 saturated heterocycles. The number of rotatable bonds is 3. The van der Waals surface area contributed by atoms with Gasteiger partial charge < -0.3 is 9.88 Å². The van der Waals surface area contributed by atoms with E-state index < -0.39 is 15.9 Å². The number of nitrogens with zero attached hydrogens (tertiary/aromatic N) is 2. The second kappa shape index (κ2) is 5.47. The van der Waals surface area contributed by atoms with Crippen LogP contribution >= 0.6 is 11.6 Å². The molecule has 9 heteroatoms. The first kappa shape index (κ1) is 15.5. The van der Waals surface area contributed by atoms with Crippen LogP contribution in [0.4, 0.5) is 5.69 Å². The highest BCUT2D eigenvalue weighted by Crippen LogP contribution is 2.29. The molecule has 1 aromatic carbocycles. The summed E-state index contributed by atoms with van der Waals surface area (Å²) in [6, 6.07) is 2.53. The molecule has 0 radical (unpaired) electrons. The van der Waals surface area contributed by atoms with Crippen LogP contribution in [0.15, 0.2) is 29.6 Å². The molecule has 0 atom stereocenters. The van der Waals surface area contributed by atoms with Crippen LogP contribution in [0.1, 0.15) is 16.1 Å². The first-order valence-corrected chi connectivity index (χ1v) is 7.73. The number of imidazole rings is 1. The van der Waals surface area contributed by atoms with Crippen molar-refractivity contribution < 1.29 is 13.2 Å². The van der Waals surface area contributed by atoms with E-state index in [1.165, 1.54) is 18.5 Å². The van der Waals surface area contributed by atoms with Gasteiger partial charge in [-0.2, -0.15) is 0 Å². The summed E-state index contributed by atoms with van der Waals surface area (Å²) in [5, 5.41) is 7.74. The molecule has 21 heavy (non-hydrogen) atoms. The van der Waals surface area contributed by atoms with Crippen molar-refractivity contribution in [3.05, 3.63) is 40.9 Å². The van der Waals surface area contributed by atoms with Crippen molar-refractivity contribution in [3.8, 4) is 0 Å². The molecular formula is C12H13ClN4O3S. The average Bonchev–Trinajstić information content (AvgIpc) is 2.79. The van der Waals surface area contributed by atoms with Gasteiger partial charge in [0.2, 0.25) is 10.0 Å². The normalized spacial score (nSPS) is 11.4. The number of nitrogens with one attached hydrogen (secondary N) is 1. The maximum Gasteiger partial charge on any atom is 0.275 e. The quantitative estimate of drug-likeness (QED) is 0.884. The largest absolute Gasteiger partial charge is 0.340 e. The van der Waals surface area contributed by atoms with Crippen LogP contribution in [0, 0.1) is 6.92 Å². The Hall–Kier alpha value is -1.90. The molecule has 1 heterocycles. The molecule has 0 aliphatic rings. The average molecular weight is 329 g/mol. The Morgan fingerprint density at radius 3 is 2.57 bits per heavy atom. The summed E-state index contributed by atoms with van der Waals surface area (Å²) in [4.78, 5) is 15.8. The summed E-state index contributed by atoms with van der Waals surface area (Å²) in [7, 11) is -2.12. The monoisotopic (exact) mass is 328 g/mol. The summed E-state index contributed by atoms with van der Waals surface area (Å²) in [5.41, 5.74) is 1.03. The Balaban J connectivity index is 2.35. The van der Waals surface area contributed by atoms with Crippen LogP contribution in [0.25, 0.3) is 0 Å². The number of aryl methyl sites for hydroxylation is 2. The van der Waals surface area contributed by atoms with E-state index in [4.69, 9.17) is 16.7 Å². The zero-order chi connectivity index (χ0) is 15.8. The first-order chi connectivity index (χ1) is 9.68. The van der Waals surface area contributed by atoms with Crippen molar-refractivity contribution in [3.63, 3.8) is 0 Å². The van der Waals surface area contributed by atoms with E-state index in [0.29, 0.717) is 11.3 Å². The number of primary sulfonamides is 1. The van der Waals surface area contributed by atoms with Gasteiger partial charge in [0, 0.05) is 13.2 Å². The molecular weight excluding hydrogens is 316 g/mol. The van der Waals surface area contributed by atoms with E-state index in [-0.39, 0.29) is 15.6 Å². The van der Waals surface area contributed by atoms with Crippen LogP contribution in [-0.2, 0) is 17.1 Å². The van der Waals surface area contributed by atoms with Gasteiger partial charge in [-0.3, -0.25) is 4.79 Å². The smallest absolute Gasteiger partial charge is 0.275 e. The number of benzene rings is 1. The van der Waals surface area contributed by atoms with Crippen LogP contribution in [-0.4, -0.2) is 23.9 Å². The molecule has 112 valence electrons. The highest BCUT2D eigenvalue weighted by molar-refractivity contribution is 7.89. The minimum absolute atomic E-state index is 0.0864. The number of sulfonamides is 1. The highest BCUT2D eigenvalue weighted by Gasteiger charge is 2.16. The van der Waals surface area contributed by atoms with Crippen molar-refractivity contribution in [2.75, 3.05) is 5.32 Å². The van der Waals surface area contributed by atoms with Gasteiger partial charge in [-0.1, -0.05) is 11.6 Å². The van der Waals surface area contributed by atoms with E-state index in [2.05, 4.69) is 10.3 Å². The zero-order valence-electron chi connectivity index (χ0n) is 11.3. The van der Waals surface area contributed by atoms with Crippen LogP contribution in [0.5, 0.6) is 0 Å². The Kier molecular flexibility index (Phi) is 4.04. The summed E-state index contributed by atoms with van der Waals surface area (Å²) in [5.74, 6) is -0.441. The lowest BCUT2D eigenvalue weighted by Gasteiger charge is -2.11.